The van der Waals surface area contributed by atoms with Crippen molar-refractivity contribution in [3.05, 3.63) is 102 Å². The van der Waals surface area contributed by atoms with Crippen LogP contribution in [-0.2, 0) is 6.54 Å². The zero-order valence-electron chi connectivity index (χ0n) is 13.4. The van der Waals surface area contributed by atoms with E-state index in [1.807, 2.05) is 35.2 Å². The Morgan fingerprint density at radius 1 is 1.00 bits per heavy atom. The van der Waals surface area contributed by atoms with E-state index in [-0.39, 0.29) is 11.9 Å². The molecule has 1 atom stereocenters. The molecule has 6 heteroatoms. The molecule has 2 aromatic heterocycles. The molecule has 0 aliphatic heterocycles. The largest absolute Gasteiger partial charge is 0.324 e. The van der Waals surface area contributed by atoms with Crippen molar-refractivity contribution in [1.82, 2.24) is 24.5 Å². The molecule has 25 heavy (non-hydrogen) atoms. The predicted molar refractivity (Wildman–Crippen MR) is 91.4 cm³/mol. The van der Waals surface area contributed by atoms with Gasteiger partial charge >= 0.3 is 0 Å². The zero-order chi connectivity index (χ0) is 17.1. The topological polar surface area (TPSA) is 48.5 Å². The van der Waals surface area contributed by atoms with Gasteiger partial charge in [0.15, 0.2) is 0 Å². The van der Waals surface area contributed by atoms with Gasteiger partial charge in [0.1, 0.15) is 17.6 Å². The highest BCUT2D eigenvalue weighted by molar-refractivity contribution is 5.28. The molecule has 124 valence electrons. The molecule has 0 N–H and O–H groups in total. The van der Waals surface area contributed by atoms with Gasteiger partial charge in [-0.05, 0) is 23.3 Å². The summed E-state index contributed by atoms with van der Waals surface area (Å²) < 4.78 is 17.0. The van der Waals surface area contributed by atoms with Crippen LogP contribution in [0.1, 0.15) is 22.9 Å². The molecule has 0 amide bonds. The van der Waals surface area contributed by atoms with E-state index in [4.69, 9.17) is 0 Å². The van der Waals surface area contributed by atoms with Crippen LogP contribution in [0.15, 0.2) is 79.5 Å². The summed E-state index contributed by atoms with van der Waals surface area (Å²) >= 11 is 0. The summed E-state index contributed by atoms with van der Waals surface area (Å²) in [5.74, 6) is -0.263. The van der Waals surface area contributed by atoms with E-state index in [0.29, 0.717) is 6.54 Å². The van der Waals surface area contributed by atoms with E-state index >= 15 is 0 Å². The third-order valence-electron chi connectivity index (χ3n) is 4.03. The Kier molecular flexibility index (Phi) is 4.08. The van der Waals surface area contributed by atoms with Crippen LogP contribution >= 0.6 is 0 Å². The molecule has 0 aliphatic rings. The van der Waals surface area contributed by atoms with E-state index in [2.05, 4.69) is 27.4 Å². The van der Waals surface area contributed by atoms with Gasteiger partial charge in [-0.1, -0.05) is 47.7 Å². The highest BCUT2D eigenvalue weighted by atomic mass is 19.1. The lowest BCUT2D eigenvalue weighted by Gasteiger charge is -2.16. The zero-order valence-corrected chi connectivity index (χ0v) is 13.4. The number of benzene rings is 2. The molecule has 0 radical (unpaired) electrons. The maximum absolute atomic E-state index is 13.3. The second-order valence-corrected chi connectivity index (χ2v) is 5.79. The van der Waals surface area contributed by atoms with Gasteiger partial charge in [-0.3, -0.25) is 0 Å². The average molecular weight is 333 g/mol. The first-order chi connectivity index (χ1) is 12.3. The summed E-state index contributed by atoms with van der Waals surface area (Å²) in [7, 11) is 0. The molecule has 0 aliphatic carbocycles. The van der Waals surface area contributed by atoms with E-state index in [9.17, 15) is 4.39 Å². The van der Waals surface area contributed by atoms with Gasteiger partial charge < -0.3 is 4.57 Å². The first kappa shape index (κ1) is 15.3. The van der Waals surface area contributed by atoms with Crippen LogP contribution in [0.4, 0.5) is 4.39 Å². The summed E-state index contributed by atoms with van der Waals surface area (Å²) in [5.41, 5.74) is 2.85. The molecule has 0 spiro atoms. The van der Waals surface area contributed by atoms with Crippen LogP contribution in [0.3, 0.4) is 0 Å². The maximum atomic E-state index is 13.3. The number of hydrogen-bond acceptors (Lipinski definition) is 3. The molecule has 0 saturated heterocycles. The number of hydrogen-bond donors (Lipinski definition) is 0. The minimum atomic E-state index is -0.263. The van der Waals surface area contributed by atoms with Crippen molar-refractivity contribution >= 4 is 0 Å². The second kappa shape index (κ2) is 6.68. The first-order valence-corrected chi connectivity index (χ1v) is 7.96. The molecule has 0 saturated carbocycles. The monoisotopic (exact) mass is 333 g/mol. The minimum Gasteiger partial charge on any atom is -0.324 e. The van der Waals surface area contributed by atoms with Crippen molar-refractivity contribution in [2.75, 3.05) is 0 Å². The van der Waals surface area contributed by atoms with E-state index < -0.39 is 0 Å². The molecule has 2 heterocycles. The highest BCUT2D eigenvalue weighted by Gasteiger charge is 2.19. The third kappa shape index (κ3) is 3.33. The fourth-order valence-electron chi connectivity index (χ4n) is 2.85. The summed E-state index contributed by atoms with van der Waals surface area (Å²) in [5, 5.41) is 8.58. The summed E-state index contributed by atoms with van der Waals surface area (Å²) in [6.07, 6.45) is 7.22. The molecular formula is C19H16FN5. The van der Waals surface area contributed by atoms with Crippen LogP contribution in [-0.4, -0.2) is 24.5 Å². The summed E-state index contributed by atoms with van der Waals surface area (Å²) in [6.45, 7) is 0.647. The Balaban J connectivity index is 1.67. The van der Waals surface area contributed by atoms with Crippen molar-refractivity contribution in [3.63, 3.8) is 0 Å². The first-order valence-electron chi connectivity index (χ1n) is 7.96. The SMILES string of the molecule is Fc1ccc(C(c2cn(Cc3ccccc3)nn2)n2ccnc2)cc1. The number of nitrogens with zero attached hydrogens (tertiary/aromatic N) is 5. The van der Waals surface area contributed by atoms with Gasteiger partial charge in [0.2, 0.25) is 0 Å². The second-order valence-electron chi connectivity index (χ2n) is 5.79. The number of imidazole rings is 1. The van der Waals surface area contributed by atoms with Crippen LogP contribution in [0.2, 0.25) is 0 Å². The lowest BCUT2D eigenvalue weighted by atomic mass is 10.0. The maximum Gasteiger partial charge on any atom is 0.123 e. The fraction of sp³-hybridized carbons (Fsp3) is 0.105. The van der Waals surface area contributed by atoms with Crippen LogP contribution in [0, 0.1) is 5.82 Å². The minimum absolute atomic E-state index is 0.201. The number of halogens is 1. The Labute approximate surface area is 144 Å². The lowest BCUT2D eigenvalue weighted by molar-refractivity contribution is 0.619. The normalized spacial score (nSPS) is 12.2. The number of aromatic nitrogens is 5. The van der Waals surface area contributed by atoms with Crippen molar-refractivity contribution in [1.29, 1.82) is 0 Å². The Morgan fingerprint density at radius 3 is 2.52 bits per heavy atom. The van der Waals surface area contributed by atoms with Gasteiger partial charge in [0.05, 0.1) is 19.1 Å². The van der Waals surface area contributed by atoms with E-state index in [0.717, 1.165) is 16.8 Å². The average Bonchev–Trinajstić information content (AvgIpc) is 3.31. The molecular weight excluding hydrogens is 317 g/mol. The van der Waals surface area contributed by atoms with Gasteiger partial charge in [0, 0.05) is 12.4 Å². The fourth-order valence-corrected chi connectivity index (χ4v) is 2.85. The standard InChI is InChI=1S/C19H16FN5/c20-17-8-6-16(7-9-17)19(24-11-10-21-14-24)18-13-25(23-22-18)12-15-4-2-1-3-5-15/h1-11,13-14,19H,12H2. The predicted octanol–water partition coefficient (Wildman–Crippen LogP) is 3.30. The van der Waals surface area contributed by atoms with Crippen LogP contribution < -0.4 is 0 Å². The molecule has 4 rings (SSSR count). The molecule has 4 aromatic rings. The highest BCUT2D eigenvalue weighted by Crippen LogP contribution is 2.25. The van der Waals surface area contributed by atoms with Gasteiger partial charge in [-0.25, -0.2) is 14.1 Å². The lowest BCUT2D eigenvalue weighted by Crippen LogP contribution is -2.11. The van der Waals surface area contributed by atoms with Crippen molar-refractivity contribution in [2.24, 2.45) is 0 Å². The Hall–Kier alpha value is -3.28. The van der Waals surface area contributed by atoms with Crippen molar-refractivity contribution in [3.8, 4) is 0 Å². The molecule has 0 bridgehead atoms. The molecule has 5 nitrogen and oxygen atoms in total. The molecule has 1 unspecified atom stereocenters. The Morgan fingerprint density at radius 2 is 1.80 bits per heavy atom. The molecule has 0 fully saturated rings. The Bertz CT molecular complexity index is 930. The van der Waals surface area contributed by atoms with Gasteiger partial charge in [-0.2, -0.15) is 0 Å². The molecule has 2 aromatic carbocycles. The van der Waals surface area contributed by atoms with E-state index in [1.54, 1.807) is 29.3 Å². The van der Waals surface area contributed by atoms with Crippen molar-refractivity contribution in [2.45, 2.75) is 12.6 Å². The van der Waals surface area contributed by atoms with Crippen molar-refractivity contribution < 1.29 is 4.39 Å². The van der Waals surface area contributed by atoms with Crippen LogP contribution in [0.25, 0.3) is 0 Å². The summed E-state index contributed by atoms with van der Waals surface area (Å²) in [4.78, 5) is 4.12. The third-order valence-corrected chi connectivity index (χ3v) is 4.03. The quantitative estimate of drug-likeness (QED) is 0.563. The summed E-state index contributed by atoms with van der Waals surface area (Å²) in [6, 6.07) is 16.3. The van der Waals surface area contributed by atoms with Gasteiger partial charge in [0.25, 0.3) is 0 Å². The van der Waals surface area contributed by atoms with Crippen LogP contribution in [0.5, 0.6) is 0 Å². The van der Waals surface area contributed by atoms with E-state index in [1.165, 1.54) is 12.1 Å². The number of rotatable bonds is 5. The smallest absolute Gasteiger partial charge is 0.123 e. The van der Waals surface area contributed by atoms with Gasteiger partial charge in [-0.15, -0.1) is 5.10 Å².